The maximum Gasteiger partial charge on any atom is 0.172 e. The molecule has 20 atom stereocenters. The average Bonchev–Trinajstić information content (AvgIpc) is 3.81. The van der Waals surface area contributed by atoms with E-state index in [1.54, 1.807) is 7.11 Å². The van der Waals surface area contributed by atoms with Crippen molar-refractivity contribution in [2.24, 2.45) is 23.5 Å². The van der Waals surface area contributed by atoms with Gasteiger partial charge in [0.25, 0.3) is 0 Å². The number of ketones is 1. The van der Waals surface area contributed by atoms with Crippen molar-refractivity contribution >= 4 is 5.78 Å². The van der Waals surface area contributed by atoms with Crippen LogP contribution in [0.2, 0.25) is 0 Å². The third-order valence-corrected chi connectivity index (χ3v) is 14.6. The van der Waals surface area contributed by atoms with E-state index in [2.05, 4.69) is 39.2 Å². The van der Waals surface area contributed by atoms with Crippen LogP contribution in [-0.2, 0) is 47.4 Å². The van der Waals surface area contributed by atoms with Gasteiger partial charge in [-0.1, -0.05) is 32.2 Å². The predicted octanol–water partition coefficient (Wildman–Crippen LogP) is 4.24. The highest BCUT2D eigenvalue weighted by atomic mass is 16.8. The molecule has 0 aromatic heterocycles. The van der Waals surface area contributed by atoms with Crippen molar-refractivity contribution in [1.29, 1.82) is 0 Å². The van der Waals surface area contributed by atoms with E-state index in [1.165, 1.54) is 0 Å². The molecule has 0 saturated carbocycles. The first-order valence-corrected chi connectivity index (χ1v) is 21.3. The number of carbonyl (C=O) groups is 1. The SMILES string of the molecule is C=C1C(/C=C\C)[C@@H]2CCC34CC5O[C@H]6[C@@H](O3)[C@H]3O[C@H](CCC3O[C@H]6[C@H]5O4)CC(=O)C[C@@H]3[C@@H](OC)[C@@H](C[C@H](O)CN)O[C@H]3C[C@H]3O[C@@H](CC[C@@H]1O2)C[C@@H](C)C3=C. The van der Waals surface area contributed by atoms with E-state index >= 15 is 0 Å². The predicted molar refractivity (Wildman–Crippen MR) is 200 cm³/mol. The quantitative estimate of drug-likeness (QED) is 0.386. The molecule has 12 bridgehead atoms. The number of rotatable bonds is 5. The van der Waals surface area contributed by atoms with Crippen LogP contribution in [0.4, 0.5) is 0 Å². The van der Waals surface area contributed by atoms with Crippen molar-refractivity contribution in [2.75, 3.05) is 13.7 Å². The largest absolute Gasteiger partial charge is 0.392 e. The molecule has 3 N–H and O–H groups in total. The first-order chi connectivity index (χ1) is 26.6. The third-order valence-electron chi connectivity index (χ3n) is 14.6. The van der Waals surface area contributed by atoms with Crippen LogP contribution < -0.4 is 5.73 Å². The minimum atomic E-state index is -0.821. The van der Waals surface area contributed by atoms with Gasteiger partial charge in [0.1, 0.15) is 36.3 Å². The van der Waals surface area contributed by atoms with Gasteiger partial charge < -0.3 is 53.5 Å². The van der Waals surface area contributed by atoms with E-state index in [-0.39, 0.29) is 128 Å². The number of Topliss-reactive ketones (excluding diaryl/α,β-unsaturated/α-hetero) is 1. The van der Waals surface area contributed by atoms with Crippen molar-refractivity contribution < 1.29 is 52.5 Å². The summed E-state index contributed by atoms with van der Waals surface area (Å²) in [5.74, 6) is -0.593. The van der Waals surface area contributed by atoms with Gasteiger partial charge in [-0.25, -0.2) is 0 Å². The molecule has 0 aromatic carbocycles. The van der Waals surface area contributed by atoms with Crippen LogP contribution >= 0.6 is 0 Å². The highest BCUT2D eigenvalue weighted by molar-refractivity contribution is 5.79. The van der Waals surface area contributed by atoms with Crippen LogP contribution in [0.15, 0.2) is 36.5 Å². The minimum Gasteiger partial charge on any atom is -0.392 e. The van der Waals surface area contributed by atoms with E-state index in [0.29, 0.717) is 32.1 Å². The van der Waals surface area contributed by atoms with Crippen LogP contribution in [-0.4, -0.2) is 128 Å². The van der Waals surface area contributed by atoms with Crippen LogP contribution in [0, 0.1) is 17.8 Å². The summed E-state index contributed by atoms with van der Waals surface area (Å²) in [6.45, 7) is 13.5. The third kappa shape index (κ3) is 7.17. The summed E-state index contributed by atoms with van der Waals surface area (Å²) in [5.41, 5.74) is 7.99. The molecule has 12 nitrogen and oxygen atoms in total. The highest BCUT2D eigenvalue weighted by Gasteiger charge is 2.69. The van der Waals surface area contributed by atoms with Crippen molar-refractivity contribution in [3.05, 3.63) is 36.5 Å². The van der Waals surface area contributed by atoms with Gasteiger partial charge in [-0.2, -0.15) is 0 Å². The maximum atomic E-state index is 14.1. The summed E-state index contributed by atoms with van der Waals surface area (Å²) in [6, 6.07) is 0. The zero-order chi connectivity index (χ0) is 38.2. The fraction of sp³-hybridized carbons (Fsp3) is 0.837. The Hall–Kier alpha value is -1.55. The second-order valence-corrected chi connectivity index (χ2v) is 18.1. The average molecular weight is 770 g/mol. The molecule has 306 valence electrons. The van der Waals surface area contributed by atoms with Crippen molar-refractivity contribution in [3.8, 4) is 0 Å². The number of allylic oxidation sites excluding steroid dienone is 1. The molecular weight excluding hydrogens is 706 g/mol. The molecule has 12 heteroatoms. The second-order valence-electron chi connectivity index (χ2n) is 18.1. The Morgan fingerprint density at radius 2 is 1.62 bits per heavy atom. The molecule has 10 heterocycles. The van der Waals surface area contributed by atoms with Crippen molar-refractivity contribution in [3.63, 3.8) is 0 Å². The van der Waals surface area contributed by atoms with E-state index in [9.17, 15) is 9.90 Å². The molecule has 10 rings (SSSR count). The van der Waals surface area contributed by atoms with Gasteiger partial charge in [0.2, 0.25) is 0 Å². The molecule has 10 aliphatic heterocycles. The maximum absolute atomic E-state index is 14.1. The first kappa shape index (κ1) is 38.9. The van der Waals surface area contributed by atoms with Gasteiger partial charge in [-0.05, 0) is 62.5 Å². The number of fused-ring (bicyclic) bond motifs is 6. The van der Waals surface area contributed by atoms with Crippen molar-refractivity contribution in [1.82, 2.24) is 0 Å². The second kappa shape index (κ2) is 15.6. The Bertz CT molecular complexity index is 1490. The Morgan fingerprint density at radius 1 is 0.836 bits per heavy atom. The summed E-state index contributed by atoms with van der Waals surface area (Å²) >= 11 is 0. The van der Waals surface area contributed by atoms with Gasteiger partial charge >= 0.3 is 0 Å². The van der Waals surface area contributed by atoms with E-state index in [4.69, 9.17) is 48.4 Å². The lowest BCUT2D eigenvalue weighted by Crippen LogP contribution is -2.61. The zero-order valence-corrected chi connectivity index (χ0v) is 32.8. The zero-order valence-electron chi connectivity index (χ0n) is 32.8. The molecule has 0 aromatic rings. The van der Waals surface area contributed by atoms with Crippen LogP contribution in [0.25, 0.3) is 0 Å². The van der Waals surface area contributed by atoms with Crippen LogP contribution in [0.1, 0.15) is 90.9 Å². The number of hydrogen-bond donors (Lipinski definition) is 2. The molecule has 0 radical (unpaired) electrons. The molecule has 10 fully saturated rings. The molecule has 1 spiro atoms. The fourth-order valence-electron chi connectivity index (χ4n) is 11.8. The number of methoxy groups -OCH3 is 1. The van der Waals surface area contributed by atoms with Gasteiger partial charge in [0.05, 0.1) is 67.1 Å². The Morgan fingerprint density at radius 3 is 2.42 bits per heavy atom. The van der Waals surface area contributed by atoms with E-state index in [0.717, 1.165) is 43.3 Å². The minimum absolute atomic E-state index is 0.0175. The molecule has 10 saturated heterocycles. The topological polar surface area (TPSA) is 146 Å². The number of nitrogens with two attached hydrogens (primary N) is 1. The van der Waals surface area contributed by atoms with Gasteiger partial charge in [-0.15, -0.1) is 0 Å². The Kier molecular flexibility index (Phi) is 11.0. The van der Waals surface area contributed by atoms with Gasteiger partial charge in [-0.3, -0.25) is 4.79 Å². The number of ether oxygens (including phenoxy) is 9. The first-order valence-electron chi connectivity index (χ1n) is 21.3. The standard InChI is InChI=1S/C43H63NO11/c1-6-7-28-23(4)30-10-8-26-14-21(2)22(3)33(48-26)18-34-29(37(47-5)35(51-34)17-25(46)20-44)16-24(45)15-27-9-11-32-38(49-27)42-41-40(52-32)39-36(53-41)19-43(54-39,55-42)13-12-31(28)50-30/h6-7,21,25-42,46H,3-4,8-20,44H2,1-2,5H3/b7-6-/t21-,25+,26+,27-,28?,29+,30+,31+,32?,33-,34+,35-,36?,37-,38+,39+,40+,41-,42+,43?/m1/s1. The number of aliphatic hydroxyl groups is 1. The number of carbonyl (C=O) groups excluding carboxylic acids is 1. The highest BCUT2D eigenvalue weighted by Crippen LogP contribution is 2.55. The van der Waals surface area contributed by atoms with Crippen molar-refractivity contribution in [2.45, 2.75) is 194 Å². The van der Waals surface area contributed by atoms with Gasteiger partial charge in [0.15, 0.2) is 5.79 Å². The lowest BCUT2D eigenvalue weighted by Gasteiger charge is -2.47. The van der Waals surface area contributed by atoms with Crippen LogP contribution in [0.5, 0.6) is 0 Å². The normalized spacial score (nSPS) is 51.7. The molecule has 0 aliphatic carbocycles. The Labute approximate surface area is 325 Å². The fourth-order valence-corrected chi connectivity index (χ4v) is 11.8. The number of aliphatic hydroxyl groups excluding tert-OH is 1. The lowest BCUT2D eigenvalue weighted by molar-refractivity contribution is -0.292. The Balaban J connectivity index is 1.01. The molecule has 10 aliphatic rings. The summed E-state index contributed by atoms with van der Waals surface area (Å²) in [7, 11) is 1.66. The van der Waals surface area contributed by atoms with E-state index < -0.39 is 18.0 Å². The lowest BCUT2D eigenvalue weighted by atomic mass is 9.81. The monoisotopic (exact) mass is 769 g/mol. The summed E-state index contributed by atoms with van der Waals surface area (Å²) in [4.78, 5) is 14.1. The molecule has 55 heavy (non-hydrogen) atoms. The van der Waals surface area contributed by atoms with Gasteiger partial charge in [0, 0.05) is 64.0 Å². The van der Waals surface area contributed by atoms with Crippen LogP contribution in [0.3, 0.4) is 0 Å². The van der Waals surface area contributed by atoms with E-state index in [1.807, 2.05) is 0 Å². The summed E-state index contributed by atoms with van der Waals surface area (Å²) in [6.07, 6.45) is 7.73. The molecular formula is C43H63NO11. The molecule has 0 amide bonds. The number of hydrogen-bond acceptors (Lipinski definition) is 12. The summed E-state index contributed by atoms with van der Waals surface area (Å²) in [5, 5.41) is 10.6. The summed E-state index contributed by atoms with van der Waals surface area (Å²) < 4.78 is 60.6. The smallest absolute Gasteiger partial charge is 0.172 e. The molecule has 4 unspecified atom stereocenters.